The van der Waals surface area contributed by atoms with Crippen LogP contribution in [0.2, 0.25) is 0 Å². The third-order valence-electron chi connectivity index (χ3n) is 3.63. The molecule has 0 fully saturated rings. The van der Waals surface area contributed by atoms with Crippen molar-refractivity contribution in [2.45, 2.75) is 30.8 Å². The van der Waals surface area contributed by atoms with Crippen LogP contribution in [0.4, 0.5) is 0 Å². The number of aryl methyl sites for hydroxylation is 1. The Morgan fingerprint density at radius 2 is 2.17 bits per heavy atom. The lowest BCUT2D eigenvalue weighted by atomic mass is 10.3. The molecule has 0 saturated carbocycles. The summed E-state index contributed by atoms with van der Waals surface area (Å²) in [5.74, 6) is 1.42. The highest BCUT2D eigenvalue weighted by molar-refractivity contribution is 7.99. The smallest absolute Gasteiger partial charge is 0.240 e. The molecule has 0 aliphatic carbocycles. The molecule has 0 saturated heterocycles. The van der Waals surface area contributed by atoms with Gasteiger partial charge in [-0.15, -0.1) is 0 Å². The molecule has 0 amide bonds. The van der Waals surface area contributed by atoms with E-state index in [1.807, 2.05) is 25.1 Å². The first-order chi connectivity index (χ1) is 11.8. The molecule has 0 bridgehead atoms. The van der Waals surface area contributed by atoms with E-state index in [1.165, 1.54) is 6.33 Å². The molecule has 4 rings (SSSR count). The van der Waals surface area contributed by atoms with E-state index in [-0.39, 0.29) is 5.25 Å². The van der Waals surface area contributed by atoms with E-state index in [4.69, 9.17) is 9.51 Å². The first kappa shape index (κ1) is 14.9. The lowest BCUT2D eigenvalue weighted by Crippen LogP contribution is -1.98. The molecule has 1 N–H and O–H groups in total. The summed E-state index contributed by atoms with van der Waals surface area (Å²) in [4.78, 5) is 13.1. The van der Waals surface area contributed by atoms with Crippen molar-refractivity contribution in [1.82, 2.24) is 34.9 Å². The molecule has 1 unspecified atom stereocenters. The zero-order chi connectivity index (χ0) is 16.5. The Labute approximate surface area is 141 Å². The summed E-state index contributed by atoms with van der Waals surface area (Å²) in [7, 11) is 0. The molecule has 0 aliphatic heterocycles. The number of rotatable bonds is 5. The quantitative estimate of drug-likeness (QED) is 0.557. The topological polar surface area (TPSA) is 98.3 Å². The maximum atomic E-state index is 5.36. The molecule has 4 aromatic rings. The molecular formula is C15H15N7OS. The molecule has 3 heterocycles. The van der Waals surface area contributed by atoms with Crippen LogP contribution in [0.3, 0.4) is 0 Å². The van der Waals surface area contributed by atoms with E-state index in [1.54, 1.807) is 11.8 Å². The fourth-order valence-electron chi connectivity index (χ4n) is 2.47. The van der Waals surface area contributed by atoms with Crippen LogP contribution in [-0.2, 0) is 6.54 Å². The molecule has 9 heteroatoms. The van der Waals surface area contributed by atoms with Crippen molar-refractivity contribution in [3.8, 4) is 11.6 Å². The monoisotopic (exact) mass is 341 g/mol. The highest BCUT2D eigenvalue weighted by Gasteiger charge is 2.20. The molecule has 1 atom stereocenters. The number of thioether (sulfide) groups is 1. The Morgan fingerprint density at radius 1 is 1.29 bits per heavy atom. The van der Waals surface area contributed by atoms with Gasteiger partial charge in [0.05, 0.1) is 16.3 Å². The Morgan fingerprint density at radius 3 is 2.96 bits per heavy atom. The zero-order valence-corrected chi connectivity index (χ0v) is 14.0. The van der Waals surface area contributed by atoms with Gasteiger partial charge in [0.1, 0.15) is 6.33 Å². The van der Waals surface area contributed by atoms with E-state index < -0.39 is 0 Å². The number of benzene rings is 1. The van der Waals surface area contributed by atoms with Gasteiger partial charge in [-0.3, -0.25) is 5.10 Å². The first-order valence-electron chi connectivity index (χ1n) is 7.57. The van der Waals surface area contributed by atoms with Gasteiger partial charge < -0.3 is 9.09 Å². The van der Waals surface area contributed by atoms with Gasteiger partial charge in [0.25, 0.3) is 0 Å². The number of hydrogen-bond acceptors (Lipinski definition) is 7. The Bertz CT molecular complexity index is 959. The van der Waals surface area contributed by atoms with Crippen LogP contribution in [0.5, 0.6) is 0 Å². The summed E-state index contributed by atoms with van der Waals surface area (Å²) in [5, 5.41) is 11.4. The number of hydrogen-bond donors (Lipinski definition) is 1. The second-order valence-electron chi connectivity index (χ2n) is 5.18. The van der Waals surface area contributed by atoms with Gasteiger partial charge in [0.2, 0.25) is 11.7 Å². The van der Waals surface area contributed by atoms with Crippen LogP contribution in [-0.4, -0.2) is 34.9 Å². The van der Waals surface area contributed by atoms with E-state index in [2.05, 4.69) is 42.9 Å². The number of nitrogens with zero attached hydrogens (tertiary/aromatic N) is 6. The van der Waals surface area contributed by atoms with Crippen molar-refractivity contribution < 1.29 is 4.52 Å². The van der Waals surface area contributed by atoms with Gasteiger partial charge in [-0.2, -0.15) is 10.1 Å². The number of para-hydroxylation sites is 2. The third-order valence-corrected chi connectivity index (χ3v) is 4.71. The molecule has 8 nitrogen and oxygen atoms in total. The Balaban J connectivity index is 1.61. The van der Waals surface area contributed by atoms with Crippen molar-refractivity contribution in [3.05, 3.63) is 36.5 Å². The van der Waals surface area contributed by atoms with E-state index >= 15 is 0 Å². The van der Waals surface area contributed by atoms with Crippen molar-refractivity contribution in [3.63, 3.8) is 0 Å². The summed E-state index contributed by atoms with van der Waals surface area (Å²) >= 11 is 1.59. The predicted molar refractivity (Wildman–Crippen MR) is 89.4 cm³/mol. The summed E-state index contributed by atoms with van der Waals surface area (Å²) in [6, 6.07) is 8.12. The van der Waals surface area contributed by atoms with Gasteiger partial charge >= 0.3 is 0 Å². The summed E-state index contributed by atoms with van der Waals surface area (Å²) < 4.78 is 7.55. The van der Waals surface area contributed by atoms with Crippen LogP contribution in [0.15, 0.2) is 40.3 Å². The summed E-state index contributed by atoms with van der Waals surface area (Å²) in [6.07, 6.45) is 1.41. The number of imidazole rings is 1. The molecular weight excluding hydrogens is 326 g/mol. The largest absolute Gasteiger partial charge is 0.338 e. The number of fused-ring (bicyclic) bond motifs is 1. The number of aromatic amines is 1. The normalized spacial score (nSPS) is 12.8. The second kappa shape index (κ2) is 6.08. The van der Waals surface area contributed by atoms with E-state index in [9.17, 15) is 0 Å². The standard InChI is InChI=1S/C15H15N7OS/c1-3-22-11-7-5-4-6-10(11)18-15(22)24-9(2)14-19-13(21-23-14)12-16-8-17-20-12/h4-9H,3H2,1-2H3,(H,16,17,20). The lowest BCUT2D eigenvalue weighted by molar-refractivity contribution is 0.380. The van der Waals surface area contributed by atoms with Gasteiger partial charge in [0.15, 0.2) is 11.0 Å². The molecule has 24 heavy (non-hydrogen) atoms. The summed E-state index contributed by atoms with van der Waals surface area (Å²) in [6.45, 7) is 4.97. The lowest BCUT2D eigenvalue weighted by Gasteiger charge is -2.08. The van der Waals surface area contributed by atoms with Crippen LogP contribution in [0, 0.1) is 0 Å². The Hall–Kier alpha value is -2.68. The van der Waals surface area contributed by atoms with Crippen LogP contribution in [0.1, 0.15) is 25.0 Å². The minimum atomic E-state index is -0.0312. The maximum Gasteiger partial charge on any atom is 0.240 e. The minimum absolute atomic E-state index is 0.0312. The van der Waals surface area contributed by atoms with Crippen molar-refractivity contribution in [1.29, 1.82) is 0 Å². The third kappa shape index (κ3) is 2.56. The van der Waals surface area contributed by atoms with Gasteiger partial charge in [-0.05, 0) is 26.0 Å². The molecule has 0 radical (unpaired) electrons. The van der Waals surface area contributed by atoms with Crippen molar-refractivity contribution in [2.24, 2.45) is 0 Å². The SMILES string of the molecule is CCn1c(SC(C)c2nc(-c3ncn[nH]3)no2)nc2ccccc21. The van der Waals surface area contributed by atoms with Crippen LogP contribution >= 0.6 is 11.8 Å². The van der Waals surface area contributed by atoms with Gasteiger partial charge in [-0.25, -0.2) is 9.97 Å². The molecule has 122 valence electrons. The molecule has 3 aromatic heterocycles. The highest BCUT2D eigenvalue weighted by Crippen LogP contribution is 2.35. The summed E-state index contributed by atoms with van der Waals surface area (Å²) in [5.41, 5.74) is 2.12. The highest BCUT2D eigenvalue weighted by atomic mass is 32.2. The molecule has 1 aromatic carbocycles. The molecule has 0 aliphatic rings. The number of H-pyrrole nitrogens is 1. The zero-order valence-electron chi connectivity index (χ0n) is 13.2. The Kier molecular flexibility index (Phi) is 3.77. The van der Waals surface area contributed by atoms with Gasteiger partial charge in [-0.1, -0.05) is 29.1 Å². The molecule has 0 spiro atoms. The van der Waals surface area contributed by atoms with E-state index in [0.717, 1.165) is 22.7 Å². The van der Waals surface area contributed by atoms with Crippen molar-refractivity contribution >= 4 is 22.8 Å². The van der Waals surface area contributed by atoms with E-state index in [0.29, 0.717) is 17.5 Å². The number of aromatic nitrogens is 7. The number of nitrogens with one attached hydrogen (secondary N) is 1. The first-order valence-corrected chi connectivity index (χ1v) is 8.45. The average molecular weight is 341 g/mol. The van der Waals surface area contributed by atoms with Crippen molar-refractivity contribution in [2.75, 3.05) is 0 Å². The van der Waals surface area contributed by atoms with Gasteiger partial charge in [0, 0.05) is 6.54 Å². The fourth-order valence-corrected chi connectivity index (χ4v) is 3.49. The fraction of sp³-hybridized carbons (Fsp3) is 0.267. The maximum absolute atomic E-state index is 5.36. The van der Waals surface area contributed by atoms with Crippen LogP contribution in [0.25, 0.3) is 22.7 Å². The van der Waals surface area contributed by atoms with Crippen LogP contribution < -0.4 is 0 Å². The average Bonchev–Trinajstić information content (AvgIpc) is 3.33. The predicted octanol–water partition coefficient (Wildman–Crippen LogP) is 3.08. The minimum Gasteiger partial charge on any atom is -0.338 e. The second-order valence-corrected chi connectivity index (χ2v) is 6.49.